The highest BCUT2D eigenvalue weighted by molar-refractivity contribution is 5.76. The van der Waals surface area contributed by atoms with Crippen molar-refractivity contribution in [1.82, 2.24) is 10.2 Å². The number of hydrogen-bond acceptors (Lipinski definition) is 4. The summed E-state index contributed by atoms with van der Waals surface area (Å²) in [5.74, 6) is 0.0693. The predicted molar refractivity (Wildman–Crippen MR) is 129 cm³/mol. The summed E-state index contributed by atoms with van der Waals surface area (Å²) < 4.78 is 0. The van der Waals surface area contributed by atoms with Gasteiger partial charge >= 0.3 is 0 Å². The second-order valence-electron chi connectivity index (χ2n) is 9.69. The van der Waals surface area contributed by atoms with Crippen molar-refractivity contribution in [3.63, 3.8) is 0 Å². The smallest absolute Gasteiger partial charge is 0.222 e. The number of carbonyl (C=O) groups excluding carboxylic acids is 1. The maximum absolute atomic E-state index is 12.9. The Labute approximate surface area is 190 Å². The van der Waals surface area contributed by atoms with E-state index in [0.29, 0.717) is 32.1 Å². The van der Waals surface area contributed by atoms with Crippen LogP contribution in [0, 0.1) is 5.41 Å². The number of aliphatic hydroxyl groups excluding tert-OH is 2. The van der Waals surface area contributed by atoms with Gasteiger partial charge < -0.3 is 20.4 Å². The Kier molecular flexibility index (Phi) is 13.0. The van der Waals surface area contributed by atoms with Crippen LogP contribution in [0.2, 0.25) is 0 Å². The monoisotopic (exact) mass is 434 g/mol. The lowest BCUT2D eigenvalue weighted by Crippen LogP contribution is -2.42. The van der Waals surface area contributed by atoms with Gasteiger partial charge in [0, 0.05) is 38.7 Å². The van der Waals surface area contributed by atoms with Crippen molar-refractivity contribution >= 4 is 5.91 Å². The van der Waals surface area contributed by atoms with Crippen molar-refractivity contribution in [2.45, 2.75) is 98.3 Å². The Hall–Kier alpha value is -1.43. The van der Waals surface area contributed by atoms with E-state index in [9.17, 15) is 9.90 Å². The van der Waals surface area contributed by atoms with Crippen LogP contribution in [-0.2, 0) is 17.8 Å². The topological polar surface area (TPSA) is 72.8 Å². The number of benzene rings is 1. The molecule has 1 aromatic carbocycles. The first kappa shape index (κ1) is 27.6. The number of nitrogens with one attached hydrogen (secondary N) is 1. The van der Waals surface area contributed by atoms with Crippen LogP contribution >= 0.6 is 0 Å². The highest BCUT2D eigenvalue weighted by atomic mass is 16.3. The van der Waals surface area contributed by atoms with Gasteiger partial charge in [-0.25, -0.2) is 0 Å². The zero-order valence-electron chi connectivity index (χ0n) is 20.5. The molecule has 1 rings (SSSR count). The van der Waals surface area contributed by atoms with Crippen LogP contribution in [0.4, 0.5) is 0 Å². The van der Waals surface area contributed by atoms with Crippen molar-refractivity contribution in [3.05, 3.63) is 35.4 Å². The van der Waals surface area contributed by atoms with Crippen molar-refractivity contribution < 1.29 is 15.0 Å². The molecule has 0 saturated carbocycles. The first-order valence-electron chi connectivity index (χ1n) is 12.1. The van der Waals surface area contributed by atoms with Crippen molar-refractivity contribution in [2.75, 3.05) is 19.7 Å². The second-order valence-corrected chi connectivity index (χ2v) is 9.69. The van der Waals surface area contributed by atoms with Crippen molar-refractivity contribution in [2.24, 2.45) is 5.41 Å². The van der Waals surface area contributed by atoms with E-state index in [-0.39, 0.29) is 17.9 Å². The molecule has 0 heterocycles. The molecule has 5 nitrogen and oxygen atoms in total. The summed E-state index contributed by atoms with van der Waals surface area (Å²) in [6, 6.07) is 8.84. The summed E-state index contributed by atoms with van der Waals surface area (Å²) in [5.41, 5.74) is 2.65. The first-order valence-corrected chi connectivity index (χ1v) is 12.1. The Balaban J connectivity index is 2.84. The van der Waals surface area contributed by atoms with Gasteiger partial charge in [0.2, 0.25) is 5.91 Å². The molecular formula is C26H46N2O3. The predicted octanol–water partition coefficient (Wildman–Crippen LogP) is 4.30. The van der Waals surface area contributed by atoms with E-state index in [4.69, 9.17) is 5.11 Å². The molecule has 2 unspecified atom stereocenters. The first-order chi connectivity index (χ1) is 14.7. The fourth-order valence-corrected chi connectivity index (χ4v) is 3.51. The molecule has 1 aromatic rings. The van der Waals surface area contributed by atoms with Gasteiger partial charge in [-0.05, 0) is 49.1 Å². The molecule has 0 bridgehead atoms. The maximum Gasteiger partial charge on any atom is 0.222 e. The Morgan fingerprint density at radius 3 is 2.52 bits per heavy atom. The van der Waals surface area contributed by atoms with E-state index in [1.807, 2.05) is 0 Å². The number of rotatable bonds is 16. The third-order valence-electron chi connectivity index (χ3n) is 6.15. The second kappa shape index (κ2) is 14.6. The molecule has 5 heteroatoms. The van der Waals surface area contributed by atoms with Gasteiger partial charge in [0.1, 0.15) is 0 Å². The number of amides is 1. The standard InChI is InChI=1S/C26H46N2O3/c1-6-21(3)27-18-24(30)20-28(25(31)14-9-8-10-15-29)19-23-13-11-12-22(16-23)17-26(4,5)7-2/h11-13,16,21,24,27,29-30H,6-10,14-15,17-20H2,1-5H3. The molecule has 0 saturated heterocycles. The quantitative estimate of drug-likeness (QED) is 0.339. The van der Waals surface area contributed by atoms with Crippen LogP contribution < -0.4 is 5.32 Å². The minimum absolute atomic E-state index is 0.0693. The lowest BCUT2D eigenvalue weighted by Gasteiger charge is -2.27. The minimum atomic E-state index is -0.599. The zero-order valence-corrected chi connectivity index (χ0v) is 20.5. The van der Waals surface area contributed by atoms with Crippen LogP contribution in [0.15, 0.2) is 24.3 Å². The summed E-state index contributed by atoms with van der Waals surface area (Å²) in [5, 5.41) is 22.8. The van der Waals surface area contributed by atoms with E-state index in [2.05, 4.69) is 64.2 Å². The molecule has 0 aliphatic heterocycles. The number of nitrogens with zero attached hydrogens (tertiary/aromatic N) is 1. The Bertz CT molecular complexity index is 633. The van der Waals surface area contributed by atoms with Crippen molar-refractivity contribution in [1.29, 1.82) is 0 Å². The van der Waals surface area contributed by atoms with Crippen LogP contribution in [0.25, 0.3) is 0 Å². The van der Waals surface area contributed by atoms with Crippen LogP contribution in [0.5, 0.6) is 0 Å². The number of aliphatic hydroxyl groups is 2. The molecule has 1 amide bonds. The summed E-state index contributed by atoms with van der Waals surface area (Å²) in [6.45, 7) is 12.5. The molecule has 31 heavy (non-hydrogen) atoms. The van der Waals surface area contributed by atoms with Gasteiger partial charge in [0.25, 0.3) is 0 Å². The number of unbranched alkanes of at least 4 members (excludes halogenated alkanes) is 2. The number of hydrogen-bond donors (Lipinski definition) is 3. The van der Waals surface area contributed by atoms with Crippen LogP contribution in [0.3, 0.4) is 0 Å². The molecular weight excluding hydrogens is 388 g/mol. The molecule has 0 aliphatic carbocycles. The molecule has 0 aromatic heterocycles. The average molecular weight is 435 g/mol. The summed E-state index contributed by atoms with van der Waals surface area (Å²) in [7, 11) is 0. The molecule has 0 aliphatic rings. The molecule has 0 fully saturated rings. The maximum atomic E-state index is 12.9. The normalized spacial score (nSPS) is 13.8. The third kappa shape index (κ3) is 11.7. The number of carbonyl (C=O) groups is 1. The molecule has 0 spiro atoms. The summed E-state index contributed by atoms with van der Waals surface area (Å²) in [4.78, 5) is 14.7. The van der Waals surface area contributed by atoms with Gasteiger partial charge in [-0.15, -0.1) is 0 Å². The van der Waals surface area contributed by atoms with E-state index in [1.165, 1.54) is 5.56 Å². The SMILES string of the molecule is CCC(C)NCC(O)CN(Cc1cccc(CC(C)(C)CC)c1)C(=O)CCCCCO. The van der Waals surface area contributed by atoms with E-state index >= 15 is 0 Å². The molecule has 2 atom stereocenters. The minimum Gasteiger partial charge on any atom is -0.396 e. The largest absolute Gasteiger partial charge is 0.396 e. The van der Waals surface area contributed by atoms with E-state index in [0.717, 1.165) is 44.1 Å². The lowest BCUT2D eigenvalue weighted by atomic mass is 9.83. The molecule has 0 radical (unpaired) electrons. The average Bonchev–Trinajstić information content (AvgIpc) is 2.74. The third-order valence-corrected chi connectivity index (χ3v) is 6.15. The molecule has 3 N–H and O–H groups in total. The Morgan fingerprint density at radius 2 is 1.87 bits per heavy atom. The molecule has 178 valence electrons. The summed E-state index contributed by atoms with van der Waals surface area (Å²) in [6.07, 6.45) is 5.31. The lowest BCUT2D eigenvalue weighted by molar-refractivity contribution is -0.133. The zero-order chi connectivity index (χ0) is 23.3. The fourth-order valence-electron chi connectivity index (χ4n) is 3.51. The summed E-state index contributed by atoms with van der Waals surface area (Å²) >= 11 is 0. The van der Waals surface area contributed by atoms with Gasteiger partial charge in [-0.3, -0.25) is 4.79 Å². The van der Waals surface area contributed by atoms with Gasteiger partial charge in [-0.1, -0.05) is 64.8 Å². The highest BCUT2D eigenvalue weighted by Gasteiger charge is 2.20. The van der Waals surface area contributed by atoms with Crippen LogP contribution in [-0.4, -0.2) is 52.9 Å². The van der Waals surface area contributed by atoms with Gasteiger partial charge in [0.05, 0.1) is 6.10 Å². The van der Waals surface area contributed by atoms with Crippen molar-refractivity contribution in [3.8, 4) is 0 Å². The fraction of sp³-hybridized carbons (Fsp3) is 0.731. The highest BCUT2D eigenvalue weighted by Crippen LogP contribution is 2.26. The van der Waals surface area contributed by atoms with Gasteiger partial charge in [0.15, 0.2) is 0 Å². The van der Waals surface area contributed by atoms with Gasteiger partial charge in [-0.2, -0.15) is 0 Å². The van der Waals surface area contributed by atoms with E-state index < -0.39 is 6.10 Å². The van der Waals surface area contributed by atoms with E-state index in [1.54, 1.807) is 4.90 Å². The van der Waals surface area contributed by atoms with Crippen LogP contribution in [0.1, 0.15) is 84.3 Å². The Morgan fingerprint density at radius 1 is 1.16 bits per heavy atom.